The normalized spacial score (nSPS) is 24.2. The van der Waals surface area contributed by atoms with E-state index in [9.17, 15) is 0 Å². The average molecular weight is 538 g/mol. The average Bonchev–Trinajstić information content (AvgIpc) is 3.13. The molecule has 2 atom stereocenters. The molecule has 3 aliphatic rings. The SMILES string of the molecule is CC1=Cc2ccccc2[CH]1[Hf]1([CH]2C(C)=Cc3ccccc32)[CH2][CH2]1.Cl.Cl. The number of fused-ring (bicyclic) bond motifs is 2. The molecule has 2 unspecified atom stereocenters. The minimum atomic E-state index is -2.41. The van der Waals surface area contributed by atoms with E-state index in [2.05, 4.69) is 74.5 Å². The minimum absolute atomic E-state index is 0. The second-order valence-corrected chi connectivity index (χ2v) is 24.2. The first-order valence-electron chi connectivity index (χ1n) is 8.75. The zero-order valence-electron chi connectivity index (χ0n) is 14.7. The smallest absolute Gasteiger partial charge is 0.147 e. The van der Waals surface area contributed by atoms with Gasteiger partial charge in [0, 0.05) is 0 Å². The molecule has 0 radical (unpaired) electrons. The van der Waals surface area contributed by atoms with Crippen molar-refractivity contribution in [1.29, 1.82) is 0 Å². The Hall–Kier alpha value is -0.630. The number of rotatable bonds is 2. The first-order valence-corrected chi connectivity index (χ1v) is 18.0. The van der Waals surface area contributed by atoms with Crippen molar-refractivity contribution >= 4 is 37.0 Å². The summed E-state index contributed by atoms with van der Waals surface area (Å²) in [6.45, 7) is 4.79. The van der Waals surface area contributed by atoms with Crippen LogP contribution in [-0.4, -0.2) is 0 Å². The quantitative estimate of drug-likeness (QED) is 0.357. The molecule has 25 heavy (non-hydrogen) atoms. The zero-order valence-corrected chi connectivity index (χ0v) is 19.9. The molecule has 3 heteroatoms. The van der Waals surface area contributed by atoms with Crippen LogP contribution in [0.3, 0.4) is 0 Å². The molecule has 0 amide bonds. The molecule has 1 fully saturated rings. The molecule has 0 saturated carbocycles. The van der Waals surface area contributed by atoms with Crippen molar-refractivity contribution in [2.45, 2.75) is 29.6 Å². The van der Waals surface area contributed by atoms with Crippen LogP contribution < -0.4 is 0 Å². The molecular formula is C22H24Cl2Hf. The summed E-state index contributed by atoms with van der Waals surface area (Å²) in [5.74, 6) is 0. The van der Waals surface area contributed by atoms with E-state index in [0.29, 0.717) is 0 Å². The predicted molar refractivity (Wildman–Crippen MR) is 110 cm³/mol. The van der Waals surface area contributed by atoms with E-state index in [1.54, 1.807) is 30.6 Å². The molecule has 0 spiro atoms. The number of benzene rings is 2. The van der Waals surface area contributed by atoms with Crippen LogP contribution in [0, 0.1) is 0 Å². The van der Waals surface area contributed by atoms with E-state index in [-0.39, 0.29) is 24.8 Å². The molecular weight excluding hydrogens is 514 g/mol. The Morgan fingerprint density at radius 1 is 0.680 bits per heavy atom. The van der Waals surface area contributed by atoms with Gasteiger partial charge in [-0.3, -0.25) is 0 Å². The topological polar surface area (TPSA) is 0 Å². The summed E-state index contributed by atoms with van der Waals surface area (Å²) in [5.41, 5.74) is 9.61. The molecule has 1 aliphatic heterocycles. The van der Waals surface area contributed by atoms with E-state index in [1.807, 2.05) is 0 Å². The van der Waals surface area contributed by atoms with E-state index in [4.69, 9.17) is 0 Å². The van der Waals surface area contributed by atoms with Gasteiger partial charge in [0.05, 0.1) is 0 Å². The van der Waals surface area contributed by atoms with Crippen molar-refractivity contribution in [3.8, 4) is 0 Å². The van der Waals surface area contributed by atoms with Gasteiger partial charge in [0.2, 0.25) is 0 Å². The van der Waals surface area contributed by atoms with E-state index in [1.165, 1.54) is 11.1 Å². The van der Waals surface area contributed by atoms with Gasteiger partial charge < -0.3 is 0 Å². The summed E-state index contributed by atoms with van der Waals surface area (Å²) in [4.78, 5) is 0. The second-order valence-electron chi connectivity index (χ2n) is 7.63. The number of halogens is 2. The van der Waals surface area contributed by atoms with Crippen molar-refractivity contribution in [2.24, 2.45) is 0 Å². The van der Waals surface area contributed by atoms with Crippen LogP contribution in [0.15, 0.2) is 59.7 Å². The first-order chi connectivity index (χ1) is 11.2. The predicted octanol–water partition coefficient (Wildman–Crippen LogP) is 7.15. The third-order valence-electron chi connectivity index (χ3n) is 6.27. The summed E-state index contributed by atoms with van der Waals surface area (Å²) in [5, 5.41) is 0. The van der Waals surface area contributed by atoms with Crippen LogP contribution >= 0.6 is 24.8 Å². The summed E-state index contributed by atoms with van der Waals surface area (Å²) < 4.78 is 4.78. The minimum Gasteiger partial charge on any atom is -0.147 e. The summed E-state index contributed by atoms with van der Waals surface area (Å²) >= 11 is -2.41. The fourth-order valence-electron chi connectivity index (χ4n) is 5.37. The van der Waals surface area contributed by atoms with Crippen LogP contribution in [0.2, 0.25) is 8.35 Å². The van der Waals surface area contributed by atoms with Gasteiger partial charge in [0.1, 0.15) is 0 Å². The van der Waals surface area contributed by atoms with Gasteiger partial charge in [-0.25, -0.2) is 0 Å². The van der Waals surface area contributed by atoms with Crippen LogP contribution in [-0.2, 0) is 20.0 Å². The van der Waals surface area contributed by atoms with Crippen LogP contribution in [0.4, 0.5) is 0 Å². The van der Waals surface area contributed by atoms with Gasteiger partial charge in [-0.1, -0.05) is 0 Å². The Morgan fingerprint density at radius 3 is 1.48 bits per heavy atom. The maximum absolute atomic E-state index is 2.47. The molecule has 0 aromatic heterocycles. The Morgan fingerprint density at radius 2 is 1.08 bits per heavy atom. The van der Waals surface area contributed by atoms with Gasteiger partial charge in [-0.05, 0) is 0 Å². The van der Waals surface area contributed by atoms with Crippen LogP contribution in [0.1, 0.15) is 43.5 Å². The van der Waals surface area contributed by atoms with Gasteiger partial charge in [-0.15, -0.1) is 24.8 Å². The number of allylic oxidation sites excluding steroid dienone is 2. The fourth-order valence-corrected chi connectivity index (χ4v) is 33.7. The Balaban J connectivity index is 0.000000911. The standard InChI is InChI=1S/2C10H9.C2H4.2ClH.Hf/c2*1-8-6-9-4-2-3-5-10(9)7-8;1-2;;;/h2*2-7H,1H3;1-2H2;2*1H;. The molecule has 2 aliphatic carbocycles. The maximum atomic E-state index is 2.47. The molecule has 1 saturated heterocycles. The monoisotopic (exact) mass is 538 g/mol. The van der Waals surface area contributed by atoms with Gasteiger partial charge >= 0.3 is 144 Å². The fraction of sp³-hybridized carbons (Fsp3) is 0.273. The second kappa shape index (κ2) is 6.83. The summed E-state index contributed by atoms with van der Waals surface area (Å²) in [7, 11) is 0. The van der Waals surface area contributed by atoms with Crippen LogP contribution in [0.5, 0.6) is 0 Å². The van der Waals surface area contributed by atoms with Gasteiger partial charge in [-0.2, -0.15) is 0 Å². The third-order valence-corrected chi connectivity index (χ3v) is 26.0. The van der Waals surface area contributed by atoms with E-state index < -0.39 is 20.0 Å². The first kappa shape index (κ1) is 19.1. The maximum Gasteiger partial charge on any atom is -0.147 e. The van der Waals surface area contributed by atoms with Crippen molar-refractivity contribution < 1.29 is 20.0 Å². The molecule has 130 valence electrons. The van der Waals surface area contributed by atoms with Crippen molar-refractivity contribution in [2.75, 3.05) is 0 Å². The molecule has 0 N–H and O–H groups in total. The zero-order chi connectivity index (χ0) is 15.6. The Labute approximate surface area is 167 Å². The van der Waals surface area contributed by atoms with Crippen LogP contribution in [0.25, 0.3) is 12.2 Å². The summed E-state index contributed by atoms with van der Waals surface area (Å²) in [6.07, 6.45) is 4.94. The van der Waals surface area contributed by atoms with Gasteiger partial charge in [0.15, 0.2) is 0 Å². The van der Waals surface area contributed by atoms with Crippen molar-refractivity contribution in [1.82, 2.24) is 0 Å². The molecule has 0 nitrogen and oxygen atoms in total. The van der Waals surface area contributed by atoms with Crippen molar-refractivity contribution in [3.05, 3.63) is 81.9 Å². The summed E-state index contributed by atoms with van der Waals surface area (Å²) in [6, 6.07) is 18.3. The Kier molecular flexibility index (Phi) is 5.23. The number of hydrogen-bond donors (Lipinski definition) is 0. The van der Waals surface area contributed by atoms with Gasteiger partial charge in [0.25, 0.3) is 0 Å². The molecule has 2 aromatic rings. The molecule has 1 heterocycles. The number of hydrogen-bond acceptors (Lipinski definition) is 0. The third kappa shape index (κ3) is 2.74. The largest absolute Gasteiger partial charge is 0.147 e. The molecule has 5 rings (SSSR count). The molecule has 2 aromatic carbocycles. The molecule has 0 bridgehead atoms. The van der Waals surface area contributed by atoms with E-state index in [0.717, 1.165) is 7.35 Å². The Bertz CT molecular complexity index is 808. The van der Waals surface area contributed by atoms with E-state index >= 15 is 0 Å². The van der Waals surface area contributed by atoms with Crippen molar-refractivity contribution in [3.63, 3.8) is 0 Å².